The Balaban J connectivity index is 1.73. The van der Waals surface area contributed by atoms with Gasteiger partial charge in [-0.05, 0) is 48.9 Å². The van der Waals surface area contributed by atoms with E-state index in [1.54, 1.807) is 24.3 Å². The number of primary sulfonamides is 1. The number of rotatable bonds is 8. The monoisotopic (exact) mass is 379 g/mol. The van der Waals surface area contributed by atoms with Gasteiger partial charge in [0.1, 0.15) is 5.82 Å². The Hall–Kier alpha value is -2.29. The number of hydrogen-bond donors (Lipinski definition) is 2. The number of hydrogen-bond acceptors (Lipinski definition) is 4. The van der Waals surface area contributed by atoms with Gasteiger partial charge in [0.2, 0.25) is 15.9 Å². The molecular formula is C18H22FN3O3S. The molecule has 0 bridgehead atoms. The van der Waals surface area contributed by atoms with Crippen molar-refractivity contribution in [3.63, 3.8) is 0 Å². The van der Waals surface area contributed by atoms with Gasteiger partial charge in [-0.25, -0.2) is 17.9 Å². The van der Waals surface area contributed by atoms with E-state index in [-0.39, 0.29) is 23.2 Å². The second-order valence-electron chi connectivity index (χ2n) is 6.09. The Bertz CT molecular complexity index is 837. The molecule has 0 aromatic heterocycles. The fourth-order valence-corrected chi connectivity index (χ4v) is 2.97. The molecule has 2 aromatic carbocycles. The van der Waals surface area contributed by atoms with E-state index in [0.29, 0.717) is 19.5 Å². The van der Waals surface area contributed by atoms with Gasteiger partial charge in [-0.1, -0.05) is 24.3 Å². The first-order valence-electron chi connectivity index (χ1n) is 8.05. The lowest BCUT2D eigenvalue weighted by atomic mass is 10.1. The minimum atomic E-state index is -3.69. The van der Waals surface area contributed by atoms with Crippen LogP contribution in [0.3, 0.4) is 0 Å². The number of amides is 1. The minimum absolute atomic E-state index is 0.0627. The Labute approximate surface area is 152 Å². The normalized spacial score (nSPS) is 11.5. The predicted molar refractivity (Wildman–Crippen MR) is 97.3 cm³/mol. The van der Waals surface area contributed by atoms with E-state index in [0.717, 1.165) is 11.1 Å². The molecule has 0 aliphatic rings. The van der Waals surface area contributed by atoms with Gasteiger partial charge in [-0.2, -0.15) is 0 Å². The van der Waals surface area contributed by atoms with Crippen molar-refractivity contribution in [2.45, 2.75) is 17.9 Å². The molecule has 0 heterocycles. The van der Waals surface area contributed by atoms with Gasteiger partial charge in [0, 0.05) is 13.1 Å². The average molecular weight is 379 g/mol. The van der Waals surface area contributed by atoms with Crippen LogP contribution in [0.25, 0.3) is 0 Å². The highest BCUT2D eigenvalue weighted by molar-refractivity contribution is 7.89. The molecule has 140 valence electrons. The van der Waals surface area contributed by atoms with Gasteiger partial charge >= 0.3 is 0 Å². The van der Waals surface area contributed by atoms with Crippen molar-refractivity contribution in [1.29, 1.82) is 0 Å². The molecule has 3 N–H and O–H groups in total. The molecule has 2 rings (SSSR count). The Morgan fingerprint density at radius 3 is 2.23 bits per heavy atom. The second-order valence-corrected chi connectivity index (χ2v) is 7.65. The van der Waals surface area contributed by atoms with Crippen molar-refractivity contribution in [2.75, 3.05) is 20.1 Å². The predicted octanol–water partition coefficient (Wildman–Crippen LogP) is 1.26. The lowest BCUT2D eigenvalue weighted by Crippen LogP contribution is -2.35. The van der Waals surface area contributed by atoms with Crippen LogP contribution < -0.4 is 10.5 Å². The molecule has 0 atom stereocenters. The van der Waals surface area contributed by atoms with Crippen LogP contribution in [0, 0.1) is 5.82 Å². The molecule has 0 spiro atoms. The van der Waals surface area contributed by atoms with Crippen LogP contribution >= 0.6 is 0 Å². The number of sulfonamides is 1. The summed E-state index contributed by atoms with van der Waals surface area (Å²) in [6.45, 7) is 1.21. The summed E-state index contributed by atoms with van der Waals surface area (Å²) in [6, 6.07) is 12.4. The summed E-state index contributed by atoms with van der Waals surface area (Å²) in [4.78, 5) is 13.9. The van der Waals surface area contributed by atoms with Crippen molar-refractivity contribution in [3.8, 4) is 0 Å². The van der Waals surface area contributed by atoms with Crippen molar-refractivity contribution >= 4 is 15.9 Å². The van der Waals surface area contributed by atoms with Crippen molar-refractivity contribution in [2.24, 2.45) is 5.14 Å². The Kier molecular flexibility index (Phi) is 6.84. The van der Waals surface area contributed by atoms with Gasteiger partial charge in [0.05, 0.1) is 11.4 Å². The third kappa shape index (κ3) is 6.55. The highest BCUT2D eigenvalue weighted by Crippen LogP contribution is 2.09. The molecule has 26 heavy (non-hydrogen) atoms. The molecule has 0 saturated carbocycles. The van der Waals surface area contributed by atoms with Crippen LogP contribution in [0.4, 0.5) is 4.39 Å². The van der Waals surface area contributed by atoms with E-state index < -0.39 is 10.0 Å². The van der Waals surface area contributed by atoms with Crippen LogP contribution in [0.1, 0.15) is 11.1 Å². The van der Waals surface area contributed by atoms with Crippen molar-refractivity contribution in [1.82, 2.24) is 10.2 Å². The summed E-state index contributed by atoms with van der Waals surface area (Å²) in [6.07, 6.45) is 0.582. The first kappa shape index (κ1) is 20.0. The van der Waals surface area contributed by atoms with Crippen LogP contribution in [-0.2, 0) is 27.8 Å². The van der Waals surface area contributed by atoms with E-state index in [2.05, 4.69) is 5.32 Å². The van der Waals surface area contributed by atoms with E-state index >= 15 is 0 Å². The number of halogens is 1. The smallest absolute Gasteiger partial charge is 0.238 e. The van der Waals surface area contributed by atoms with Gasteiger partial charge in [0.15, 0.2) is 0 Å². The zero-order valence-corrected chi connectivity index (χ0v) is 15.3. The topological polar surface area (TPSA) is 92.5 Å². The van der Waals surface area contributed by atoms with Gasteiger partial charge < -0.3 is 5.32 Å². The standard InChI is InChI=1S/C18H22FN3O3S/c1-22(12-15-2-6-16(19)7-3-15)13-18(23)21-11-10-14-4-8-17(9-5-14)26(20,24)25/h2-9H,10-13H2,1H3,(H,21,23)(H2,20,24,25). The maximum Gasteiger partial charge on any atom is 0.238 e. The second kappa shape index (κ2) is 8.88. The molecule has 0 radical (unpaired) electrons. The summed E-state index contributed by atoms with van der Waals surface area (Å²) < 4.78 is 35.3. The minimum Gasteiger partial charge on any atom is -0.355 e. The molecule has 0 saturated heterocycles. The average Bonchev–Trinajstić information content (AvgIpc) is 2.56. The largest absolute Gasteiger partial charge is 0.355 e. The molecule has 0 aliphatic heterocycles. The first-order valence-corrected chi connectivity index (χ1v) is 9.60. The number of nitrogens with two attached hydrogens (primary N) is 1. The van der Waals surface area contributed by atoms with E-state index in [1.807, 2.05) is 11.9 Å². The maximum atomic E-state index is 12.9. The van der Waals surface area contributed by atoms with E-state index in [4.69, 9.17) is 5.14 Å². The molecular weight excluding hydrogens is 357 g/mol. The van der Waals surface area contributed by atoms with E-state index in [9.17, 15) is 17.6 Å². The van der Waals surface area contributed by atoms with E-state index in [1.165, 1.54) is 24.3 Å². The summed E-state index contributed by atoms with van der Waals surface area (Å²) in [5, 5.41) is 7.87. The van der Waals surface area contributed by atoms with Gasteiger partial charge in [-0.15, -0.1) is 0 Å². The number of nitrogens with zero attached hydrogens (tertiary/aromatic N) is 1. The third-order valence-corrected chi connectivity index (χ3v) is 4.70. The third-order valence-electron chi connectivity index (χ3n) is 3.77. The molecule has 8 heteroatoms. The van der Waals surface area contributed by atoms with Gasteiger partial charge in [0.25, 0.3) is 0 Å². The van der Waals surface area contributed by atoms with Crippen LogP contribution in [0.2, 0.25) is 0 Å². The number of carbonyl (C=O) groups excluding carboxylic acids is 1. The van der Waals surface area contributed by atoms with Crippen LogP contribution in [0.15, 0.2) is 53.4 Å². The summed E-state index contributed by atoms with van der Waals surface area (Å²) >= 11 is 0. The number of benzene rings is 2. The highest BCUT2D eigenvalue weighted by atomic mass is 32.2. The summed E-state index contributed by atoms with van der Waals surface area (Å²) in [5.41, 5.74) is 1.83. The molecule has 6 nitrogen and oxygen atoms in total. The Morgan fingerprint density at radius 1 is 1.08 bits per heavy atom. The van der Waals surface area contributed by atoms with Crippen LogP contribution in [-0.4, -0.2) is 39.4 Å². The number of nitrogens with one attached hydrogen (secondary N) is 1. The zero-order valence-electron chi connectivity index (χ0n) is 14.5. The fourth-order valence-electron chi connectivity index (χ4n) is 2.45. The maximum absolute atomic E-state index is 12.9. The summed E-state index contributed by atoms with van der Waals surface area (Å²) in [7, 11) is -1.88. The lowest BCUT2D eigenvalue weighted by Gasteiger charge is -2.16. The summed E-state index contributed by atoms with van der Waals surface area (Å²) in [5.74, 6) is -0.401. The number of likely N-dealkylation sites (N-methyl/N-ethyl adjacent to an activating group) is 1. The zero-order chi connectivity index (χ0) is 19.2. The molecule has 1 amide bonds. The molecule has 0 fully saturated rings. The highest BCUT2D eigenvalue weighted by Gasteiger charge is 2.08. The van der Waals surface area contributed by atoms with Crippen molar-refractivity contribution in [3.05, 3.63) is 65.5 Å². The van der Waals surface area contributed by atoms with Crippen molar-refractivity contribution < 1.29 is 17.6 Å². The molecule has 2 aromatic rings. The van der Waals surface area contributed by atoms with Crippen LogP contribution in [0.5, 0.6) is 0 Å². The van der Waals surface area contributed by atoms with Gasteiger partial charge in [-0.3, -0.25) is 9.69 Å². The molecule has 0 aliphatic carbocycles. The SMILES string of the molecule is CN(CC(=O)NCCc1ccc(S(N)(=O)=O)cc1)Cc1ccc(F)cc1. The Morgan fingerprint density at radius 2 is 1.65 bits per heavy atom. The first-order chi connectivity index (χ1) is 12.2. The fraction of sp³-hybridized carbons (Fsp3) is 0.278. The lowest BCUT2D eigenvalue weighted by molar-refractivity contribution is -0.122. The molecule has 0 unspecified atom stereocenters. The quantitative estimate of drug-likeness (QED) is 0.722. The number of carbonyl (C=O) groups is 1.